The highest BCUT2D eigenvalue weighted by Crippen LogP contribution is 2.39. The van der Waals surface area contributed by atoms with E-state index in [1.54, 1.807) is 0 Å². The Hall–Kier alpha value is -1.58. The third kappa shape index (κ3) is 4.09. The average Bonchev–Trinajstić information content (AvgIpc) is 2.72. The molecule has 1 fully saturated rings. The van der Waals surface area contributed by atoms with Crippen molar-refractivity contribution in [3.05, 3.63) is 29.8 Å². The van der Waals surface area contributed by atoms with E-state index >= 15 is 0 Å². The molecule has 4 heteroatoms. The van der Waals surface area contributed by atoms with Crippen LogP contribution < -0.4 is 4.90 Å². The molecule has 0 aromatic heterocycles. The van der Waals surface area contributed by atoms with Gasteiger partial charge in [0.1, 0.15) is 0 Å². The molecule has 1 unspecified atom stereocenters. The van der Waals surface area contributed by atoms with E-state index in [2.05, 4.69) is 13.8 Å². The van der Waals surface area contributed by atoms with E-state index in [0.717, 1.165) is 24.8 Å². The SMILES string of the molecule is [B]C(C)(C)CC(C)(C)c1ccc(N2C(=O)CC(CCC)C2=O)cc1. The van der Waals surface area contributed by atoms with E-state index in [1.807, 2.05) is 45.0 Å². The molecule has 0 N–H and O–H groups in total. The van der Waals surface area contributed by atoms with Crippen molar-refractivity contribution in [3.8, 4) is 0 Å². The standard InChI is InChI=1S/C20H28BNO2/c1-6-7-14-12-17(23)22(18(14)24)16-10-8-15(9-11-16)19(2,3)13-20(4,5)21/h8-11,14H,6-7,12-13H2,1-5H3. The van der Waals surface area contributed by atoms with Gasteiger partial charge >= 0.3 is 0 Å². The van der Waals surface area contributed by atoms with Crippen LogP contribution in [0.25, 0.3) is 0 Å². The van der Waals surface area contributed by atoms with Gasteiger partial charge in [-0.1, -0.05) is 58.5 Å². The van der Waals surface area contributed by atoms with E-state index in [4.69, 9.17) is 7.85 Å². The van der Waals surface area contributed by atoms with Gasteiger partial charge in [-0.2, -0.15) is 0 Å². The van der Waals surface area contributed by atoms with Crippen molar-refractivity contribution in [2.24, 2.45) is 5.92 Å². The second kappa shape index (κ2) is 6.74. The molecule has 1 aromatic rings. The zero-order chi connectivity index (χ0) is 18.1. The number of benzene rings is 1. The van der Waals surface area contributed by atoms with Crippen molar-refractivity contribution >= 4 is 25.3 Å². The lowest BCUT2D eigenvalue weighted by Gasteiger charge is -2.33. The van der Waals surface area contributed by atoms with Crippen molar-refractivity contribution in [2.75, 3.05) is 4.90 Å². The number of amides is 2. The van der Waals surface area contributed by atoms with Gasteiger partial charge in [0.15, 0.2) is 0 Å². The first kappa shape index (κ1) is 18.8. The molecule has 0 spiro atoms. The molecule has 128 valence electrons. The summed E-state index contributed by atoms with van der Waals surface area (Å²) in [5, 5.41) is -0.254. The fourth-order valence-electron chi connectivity index (χ4n) is 3.84. The minimum atomic E-state index is -0.254. The maximum atomic E-state index is 12.5. The Morgan fingerprint density at radius 1 is 1.12 bits per heavy atom. The van der Waals surface area contributed by atoms with Crippen LogP contribution in [-0.4, -0.2) is 19.7 Å². The van der Waals surface area contributed by atoms with Crippen molar-refractivity contribution in [1.82, 2.24) is 0 Å². The number of rotatable bonds is 6. The highest BCUT2D eigenvalue weighted by Gasteiger charge is 2.38. The molecule has 3 nitrogen and oxygen atoms in total. The van der Waals surface area contributed by atoms with Crippen molar-refractivity contribution in [1.29, 1.82) is 0 Å². The molecule has 1 atom stereocenters. The van der Waals surface area contributed by atoms with Gasteiger partial charge < -0.3 is 0 Å². The van der Waals surface area contributed by atoms with Gasteiger partial charge in [-0.25, -0.2) is 0 Å². The Kier molecular flexibility index (Phi) is 5.27. The van der Waals surface area contributed by atoms with Crippen LogP contribution in [0, 0.1) is 5.92 Å². The fraction of sp³-hybridized carbons (Fsp3) is 0.600. The van der Waals surface area contributed by atoms with Crippen molar-refractivity contribution in [3.63, 3.8) is 0 Å². The van der Waals surface area contributed by atoms with E-state index in [0.29, 0.717) is 12.1 Å². The largest absolute Gasteiger partial charge is 0.274 e. The molecule has 1 aliphatic heterocycles. The van der Waals surface area contributed by atoms with Crippen LogP contribution in [0.4, 0.5) is 5.69 Å². The minimum absolute atomic E-state index is 0.0584. The summed E-state index contributed by atoms with van der Waals surface area (Å²) >= 11 is 0. The van der Waals surface area contributed by atoms with E-state index < -0.39 is 0 Å². The number of carbonyl (C=O) groups excluding carboxylic acids is 2. The van der Waals surface area contributed by atoms with Gasteiger partial charge in [-0.05, 0) is 36.0 Å². The maximum absolute atomic E-state index is 12.5. The number of carbonyl (C=O) groups is 2. The Balaban J connectivity index is 2.21. The summed E-state index contributed by atoms with van der Waals surface area (Å²) < 4.78 is 0. The predicted octanol–water partition coefficient (Wildman–Crippen LogP) is 4.40. The number of nitrogens with zero attached hydrogens (tertiary/aromatic N) is 1. The van der Waals surface area contributed by atoms with Crippen molar-refractivity contribution in [2.45, 2.75) is 71.0 Å². The van der Waals surface area contributed by atoms with E-state index in [1.165, 1.54) is 4.90 Å². The summed E-state index contributed by atoms with van der Waals surface area (Å²) in [6.45, 7) is 10.4. The molecule has 2 amide bonds. The molecule has 2 radical (unpaired) electrons. The van der Waals surface area contributed by atoms with Crippen LogP contribution in [-0.2, 0) is 15.0 Å². The second-order valence-corrected chi connectivity index (χ2v) is 8.35. The van der Waals surface area contributed by atoms with Crippen LogP contribution in [0.2, 0.25) is 5.31 Å². The second-order valence-electron chi connectivity index (χ2n) is 8.35. The summed E-state index contributed by atoms with van der Waals surface area (Å²) in [7, 11) is 6.17. The monoisotopic (exact) mass is 325 g/mol. The topological polar surface area (TPSA) is 37.4 Å². The third-order valence-corrected chi connectivity index (χ3v) is 4.68. The molecular weight excluding hydrogens is 297 g/mol. The summed E-state index contributed by atoms with van der Waals surface area (Å²) in [4.78, 5) is 26.0. The molecule has 24 heavy (non-hydrogen) atoms. The number of imide groups is 1. The first-order chi connectivity index (χ1) is 11.0. The fourth-order valence-corrected chi connectivity index (χ4v) is 3.84. The predicted molar refractivity (Wildman–Crippen MR) is 99.4 cm³/mol. The van der Waals surface area contributed by atoms with Gasteiger partial charge in [0.2, 0.25) is 11.8 Å². The molecule has 2 rings (SSSR count). The lowest BCUT2D eigenvalue weighted by atomic mass is 9.62. The maximum Gasteiger partial charge on any atom is 0.237 e. The first-order valence-electron chi connectivity index (χ1n) is 8.81. The van der Waals surface area contributed by atoms with Crippen LogP contribution >= 0.6 is 0 Å². The summed E-state index contributed by atoms with van der Waals surface area (Å²) in [5.74, 6) is -0.304. The number of anilines is 1. The Bertz CT molecular complexity index is 614. The molecule has 0 aliphatic carbocycles. The number of hydrogen-bond donors (Lipinski definition) is 0. The normalized spacial score (nSPS) is 19.2. The van der Waals surface area contributed by atoms with Gasteiger partial charge in [-0.15, -0.1) is 0 Å². The summed E-state index contributed by atoms with van der Waals surface area (Å²) in [6.07, 6.45) is 2.87. The average molecular weight is 325 g/mol. The highest BCUT2D eigenvalue weighted by atomic mass is 16.2. The molecule has 1 aromatic carbocycles. The summed E-state index contributed by atoms with van der Waals surface area (Å²) in [6, 6.07) is 7.78. The summed E-state index contributed by atoms with van der Waals surface area (Å²) in [5.41, 5.74) is 1.77. The Labute approximate surface area is 147 Å². The van der Waals surface area contributed by atoms with Gasteiger partial charge in [-0.3, -0.25) is 14.5 Å². The van der Waals surface area contributed by atoms with Crippen LogP contribution in [0.3, 0.4) is 0 Å². The Morgan fingerprint density at radius 2 is 1.71 bits per heavy atom. The molecule has 0 saturated carbocycles. The lowest BCUT2D eigenvalue weighted by Crippen LogP contribution is -2.30. The quantitative estimate of drug-likeness (QED) is 0.574. The van der Waals surface area contributed by atoms with Gasteiger partial charge in [0.25, 0.3) is 0 Å². The van der Waals surface area contributed by atoms with Crippen LogP contribution in [0.1, 0.15) is 65.9 Å². The van der Waals surface area contributed by atoms with Gasteiger partial charge in [0, 0.05) is 12.3 Å². The molecule has 1 saturated heterocycles. The lowest BCUT2D eigenvalue weighted by molar-refractivity contribution is -0.122. The minimum Gasteiger partial charge on any atom is -0.274 e. The first-order valence-corrected chi connectivity index (χ1v) is 8.81. The van der Waals surface area contributed by atoms with E-state index in [-0.39, 0.29) is 28.5 Å². The molecule has 1 heterocycles. The Morgan fingerprint density at radius 3 is 2.21 bits per heavy atom. The number of hydrogen-bond acceptors (Lipinski definition) is 2. The van der Waals surface area contributed by atoms with Crippen molar-refractivity contribution < 1.29 is 9.59 Å². The zero-order valence-corrected chi connectivity index (χ0v) is 15.6. The third-order valence-electron chi connectivity index (χ3n) is 4.68. The zero-order valence-electron chi connectivity index (χ0n) is 15.6. The van der Waals surface area contributed by atoms with E-state index in [9.17, 15) is 9.59 Å². The van der Waals surface area contributed by atoms with Crippen LogP contribution in [0.15, 0.2) is 24.3 Å². The van der Waals surface area contributed by atoms with Gasteiger partial charge in [0.05, 0.1) is 13.5 Å². The molecule has 0 bridgehead atoms. The molecule has 1 aliphatic rings. The van der Waals surface area contributed by atoms with Crippen LogP contribution in [0.5, 0.6) is 0 Å². The molecular formula is C20H28BNO2. The smallest absolute Gasteiger partial charge is 0.237 e. The highest BCUT2D eigenvalue weighted by molar-refractivity contribution is 6.20.